The quantitative estimate of drug-likeness (QED) is 0.339. The smallest absolute Gasteiger partial charge is 0.240 e. The van der Waals surface area contributed by atoms with Gasteiger partial charge in [-0.05, 0) is 19.3 Å². The minimum Gasteiger partial charge on any atom is -0.386 e. The molecule has 0 saturated heterocycles. The maximum absolute atomic E-state index is 11.5. The van der Waals surface area contributed by atoms with Gasteiger partial charge < -0.3 is 16.8 Å². The molecule has 5 nitrogen and oxygen atoms in total. The van der Waals surface area contributed by atoms with Crippen LogP contribution in [-0.2, 0) is 4.79 Å². The van der Waals surface area contributed by atoms with Gasteiger partial charge in [-0.15, -0.1) is 0 Å². The number of amides is 1. The Bertz CT molecular complexity index is 253. The van der Waals surface area contributed by atoms with Gasteiger partial charge in [0.2, 0.25) is 5.91 Å². The van der Waals surface area contributed by atoms with Gasteiger partial charge in [0.15, 0.2) is 0 Å². The number of carbonyl (C=O) groups is 1. The Hall–Kier alpha value is -1.10. The first kappa shape index (κ1) is 9.98. The zero-order valence-corrected chi connectivity index (χ0v) is 7.92. The first-order valence-corrected chi connectivity index (χ1v) is 4.31. The van der Waals surface area contributed by atoms with Crippen LogP contribution in [0.15, 0.2) is 0 Å². The molecule has 1 aliphatic rings. The van der Waals surface area contributed by atoms with Gasteiger partial charge in [-0.3, -0.25) is 10.2 Å². The Kier molecular flexibility index (Phi) is 2.30. The van der Waals surface area contributed by atoms with Gasteiger partial charge >= 0.3 is 0 Å². The molecule has 0 aromatic rings. The summed E-state index contributed by atoms with van der Waals surface area (Å²) in [5, 5.41) is 9.69. The molecule has 0 aromatic carbocycles. The first-order valence-electron chi connectivity index (χ1n) is 4.31. The summed E-state index contributed by atoms with van der Waals surface area (Å²) in [4.78, 5) is 11.5. The molecule has 3 atom stereocenters. The number of hydrogen-bond donors (Lipinski definition) is 4. The molecule has 1 saturated carbocycles. The number of rotatable bonds is 3. The van der Waals surface area contributed by atoms with Crippen LogP contribution < -0.4 is 16.8 Å². The largest absolute Gasteiger partial charge is 0.386 e. The lowest BCUT2D eigenvalue weighted by atomic mass is 10.2. The van der Waals surface area contributed by atoms with Gasteiger partial charge in [0, 0.05) is 0 Å². The molecule has 0 aliphatic heterocycles. The van der Waals surface area contributed by atoms with Crippen molar-refractivity contribution in [3.63, 3.8) is 0 Å². The van der Waals surface area contributed by atoms with E-state index in [2.05, 4.69) is 5.32 Å². The molecule has 1 aliphatic carbocycles. The molecule has 1 rings (SSSR count). The minimum absolute atomic E-state index is 0.0507. The fourth-order valence-corrected chi connectivity index (χ4v) is 1.17. The predicted octanol–water partition coefficient (Wildman–Crippen LogP) is -0.836. The van der Waals surface area contributed by atoms with Gasteiger partial charge in [0.05, 0.1) is 11.6 Å². The van der Waals surface area contributed by atoms with Crippen molar-refractivity contribution in [2.75, 3.05) is 0 Å². The Balaban J connectivity index is 2.47. The maximum Gasteiger partial charge on any atom is 0.240 e. The highest BCUT2D eigenvalue weighted by Crippen LogP contribution is 2.40. The van der Waals surface area contributed by atoms with E-state index in [1.807, 2.05) is 6.92 Å². The van der Waals surface area contributed by atoms with Crippen LogP contribution in [0.3, 0.4) is 0 Å². The SMILES string of the molecule is CC(NC(=O)[C@]1(N)CC1C)C(=N)N. The fraction of sp³-hybridized carbons (Fsp3) is 0.750. The molecule has 74 valence electrons. The lowest BCUT2D eigenvalue weighted by molar-refractivity contribution is -0.123. The second-order valence-corrected chi connectivity index (χ2v) is 3.80. The van der Waals surface area contributed by atoms with E-state index in [9.17, 15) is 4.79 Å². The number of nitrogens with two attached hydrogens (primary N) is 2. The molecule has 0 radical (unpaired) electrons. The molecule has 0 spiro atoms. The summed E-state index contributed by atoms with van der Waals surface area (Å²) < 4.78 is 0. The molecular weight excluding hydrogens is 168 g/mol. The van der Waals surface area contributed by atoms with Crippen LogP contribution in [0.1, 0.15) is 20.3 Å². The molecule has 2 unspecified atom stereocenters. The third-order valence-corrected chi connectivity index (χ3v) is 2.60. The zero-order chi connectivity index (χ0) is 10.2. The van der Waals surface area contributed by atoms with Gasteiger partial charge in [-0.1, -0.05) is 6.92 Å². The van der Waals surface area contributed by atoms with Crippen molar-refractivity contribution in [3.8, 4) is 0 Å². The normalized spacial score (nSPS) is 33.6. The summed E-state index contributed by atoms with van der Waals surface area (Å²) >= 11 is 0. The van der Waals surface area contributed by atoms with Crippen LogP contribution in [0.25, 0.3) is 0 Å². The van der Waals surface area contributed by atoms with E-state index in [4.69, 9.17) is 16.9 Å². The third-order valence-electron chi connectivity index (χ3n) is 2.60. The molecule has 5 heteroatoms. The highest BCUT2D eigenvalue weighted by atomic mass is 16.2. The van der Waals surface area contributed by atoms with Crippen LogP contribution >= 0.6 is 0 Å². The highest BCUT2D eigenvalue weighted by Gasteiger charge is 2.54. The Labute approximate surface area is 77.4 Å². The molecule has 1 amide bonds. The number of hydrogen-bond acceptors (Lipinski definition) is 3. The van der Waals surface area contributed by atoms with E-state index in [0.29, 0.717) is 6.42 Å². The molecule has 0 heterocycles. The van der Waals surface area contributed by atoms with Crippen molar-refractivity contribution in [2.24, 2.45) is 17.4 Å². The molecule has 6 N–H and O–H groups in total. The molecule has 1 fully saturated rings. The fourth-order valence-electron chi connectivity index (χ4n) is 1.17. The number of carbonyl (C=O) groups excluding carboxylic acids is 1. The van der Waals surface area contributed by atoms with Gasteiger partial charge in [-0.25, -0.2) is 0 Å². The second-order valence-electron chi connectivity index (χ2n) is 3.80. The maximum atomic E-state index is 11.5. The number of amidine groups is 1. The van der Waals surface area contributed by atoms with Crippen LogP contribution in [0.4, 0.5) is 0 Å². The van der Waals surface area contributed by atoms with Gasteiger partial charge in [0.25, 0.3) is 0 Å². The molecule has 13 heavy (non-hydrogen) atoms. The van der Waals surface area contributed by atoms with Crippen molar-refractivity contribution >= 4 is 11.7 Å². The van der Waals surface area contributed by atoms with Crippen molar-refractivity contribution in [1.29, 1.82) is 5.41 Å². The minimum atomic E-state index is -0.719. The average Bonchev–Trinajstić information content (AvgIpc) is 2.61. The monoisotopic (exact) mass is 184 g/mol. The third kappa shape index (κ3) is 1.80. The van der Waals surface area contributed by atoms with Gasteiger partial charge in [0.1, 0.15) is 5.84 Å². The van der Waals surface area contributed by atoms with E-state index in [0.717, 1.165) is 0 Å². The summed E-state index contributed by atoms with van der Waals surface area (Å²) in [6.07, 6.45) is 0.712. The summed E-state index contributed by atoms with van der Waals surface area (Å²) in [5.41, 5.74) is 10.3. The van der Waals surface area contributed by atoms with Crippen LogP contribution in [0, 0.1) is 11.3 Å². The summed E-state index contributed by atoms with van der Waals surface area (Å²) in [6, 6.07) is -0.430. The van der Waals surface area contributed by atoms with Crippen molar-refractivity contribution in [2.45, 2.75) is 31.8 Å². The summed E-state index contributed by atoms with van der Waals surface area (Å²) in [6.45, 7) is 3.59. The Morgan fingerprint density at radius 1 is 1.77 bits per heavy atom. The topological polar surface area (TPSA) is 105 Å². The second kappa shape index (κ2) is 2.99. The number of nitrogens with one attached hydrogen (secondary N) is 2. The average molecular weight is 184 g/mol. The van der Waals surface area contributed by atoms with Gasteiger partial charge in [-0.2, -0.15) is 0 Å². The Morgan fingerprint density at radius 3 is 2.54 bits per heavy atom. The lowest BCUT2D eigenvalue weighted by Crippen LogP contribution is -2.51. The molecule has 0 bridgehead atoms. The van der Waals surface area contributed by atoms with E-state index in [-0.39, 0.29) is 17.7 Å². The molecule has 0 aromatic heterocycles. The van der Waals surface area contributed by atoms with Crippen molar-refractivity contribution < 1.29 is 4.79 Å². The lowest BCUT2D eigenvalue weighted by Gasteiger charge is -2.16. The van der Waals surface area contributed by atoms with E-state index >= 15 is 0 Å². The first-order chi connectivity index (χ1) is 5.88. The Morgan fingerprint density at radius 2 is 2.23 bits per heavy atom. The van der Waals surface area contributed by atoms with Crippen LogP contribution in [-0.4, -0.2) is 23.3 Å². The zero-order valence-electron chi connectivity index (χ0n) is 7.92. The summed E-state index contributed by atoms with van der Waals surface area (Å²) in [5.74, 6) is -0.0281. The van der Waals surface area contributed by atoms with Crippen LogP contribution in [0.5, 0.6) is 0 Å². The van der Waals surface area contributed by atoms with Crippen molar-refractivity contribution in [3.05, 3.63) is 0 Å². The van der Waals surface area contributed by atoms with E-state index in [1.165, 1.54) is 0 Å². The summed E-state index contributed by atoms with van der Waals surface area (Å²) in [7, 11) is 0. The highest BCUT2D eigenvalue weighted by molar-refractivity contribution is 5.94. The van der Waals surface area contributed by atoms with E-state index < -0.39 is 11.6 Å². The van der Waals surface area contributed by atoms with Crippen molar-refractivity contribution in [1.82, 2.24) is 5.32 Å². The van der Waals surface area contributed by atoms with Crippen LogP contribution in [0.2, 0.25) is 0 Å². The predicted molar refractivity (Wildman–Crippen MR) is 50.2 cm³/mol. The molecular formula is C8H16N4O. The standard InChI is InChI=1S/C8H16N4O/c1-4-3-8(4,11)7(13)12-5(2)6(9)10/h4-5H,3,11H2,1-2H3,(H3,9,10)(H,12,13)/t4?,5?,8-/m0/s1. The van der Waals surface area contributed by atoms with E-state index in [1.54, 1.807) is 6.92 Å².